The molecule has 2 rings (SSSR count). The molecular weight excluding hydrogens is 245 g/mol. The van der Waals surface area contributed by atoms with Gasteiger partial charge in [-0.2, -0.15) is 0 Å². The van der Waals surface area contributed by atoms with Crippen molar-refractivity contribution in [1.29, 1.82) is 0 Å². The lowest BCUT2D eigenvalue weighted by molar-refractivity contribution is 0.200. The Labute approximate surface area is 112 Å². The van der Waals surface area contributed by atoms with E-state index in [9.17, 15) is 4.39 Å². The van der Waals surface area contributed by atoms with Gasteiger partial charge >= 0.3 is 0 Å². The van der Waals surface area contributed by atoms with E-state index in [1.165, 1.54) is 31.4 Å². The summed E-state index contributed by atoms with van der Waals surface area (Å²) in [7, 11) is 2.04. The number of amidine groups is 1. The molecule has 0 saturated heterocycles. The third-order valence-electron chi connectivity index (χ3n) is 3.69. The fraction of sp³-hybridized carbons (Fsp3) is 0.500. The van der Waals surface area contributed by atoms with Crippen LogP contribution in [0, 0.1) is 11.7 Å². The third kappa shape index (κ3) is 3.44. The molecule has 1 aromatic carbocycles. The second-order valence-corrected chi connectivity index (χ2v) is 5.28. The number of nitrogens with two attached hydrogens (primary N) is 1. The first kappa shape index (κ1) is 13.8. The van der Waals surface area contributed by atoms with Crippen LogP contribution in [0.15, 0.2) is 23.4 Å². The van der Waals surface area contributed by atoms with Crippen LogP contribution >= 0.6 is 0 Å². The van der Waals surface area contributed by atoms with Crippen LogP contribution in [-0.4, -0.2) is 29.5 Å². The van der Waals surface area contributed by atoms with E-state index in [1.807, 2.05) is 7.05 Å². The van der Waals surface area contributed by atoms with E-state index in [0.29, 0.717) is 12.1 Å². The van der Waals surface area contributed by atoms with Crippen molar-refractivity contribution in [3.05, 3.63) is 35.1 Å². The number of hydrogen-bond acceptors (Lipinski definition) is 3. The van der Waals surface area contributed by atoms with Crippen LogP contribution in [0.5, 0.6) is 0 Å². The summed E-state index contributed by atoms with van der Waals surface area (Å²) in [6, 6.07) is 4.40. The second-order valence-electron chi connectivity index (χ2n) is 5.28. The van der Waals surface area contributed by atoms with E-state index >= 15 is 0 Å². The number of benzene rings is 1. The molecule has 1 aliphatic rings. The van der Waals surface area contributed by atoms with E-state index in [0.717, 1.165) is 18.0 Å². The minimum atomic E-state index is -0.382. The van der Waals surface area contributed by atoms with Crippen LogP contribution in [-0.2, 0) is 6.54 Å². The first-order valence-corrected chi connectivity index (χ1v) is 6.55. The summed E-state index contributed by atoms with van der Waals surface area (Å²) in [6.07, 6.45) is 3.91. The highest BCUT2D eigenvalue weighted by Crippen LogP contribution is 2.27. The highest BCUT2D eigenvalue weighted by molar-refractivity contribution is 5.98. The fourth-order valence-electron chi connectivity index (χ4n) is 2.45. The molecule has 0 spiro atoms. The quantitative estimate of drug-likeness (QED) is 0.371. The molecule has 0 aliphatic heterocycles. The smallest absolute Gasteiger partial charge is 0.170 e. The summed E-state index contributed by atoms with van der Waals surface area (Å²) < 4.78 is 13.2. The van der Waals surface area contributed by atoms with E-state index in [-0.39, 0.29) is 11.7 Å². The zero-order valence-corrected chi connectivity index (χ0v) is 11.1. The van der Waals surface area contributed by atoms with Gasteiger partial charge < -0.3 is 15.8 Å². The third-order valence-corrected chi connectivity index (χ3v) is 3.69. The van der Waals surface area contributed by atoms with Gasteiger partial charge in [0.25, 0.3) is 0 Å². The largest absolute Gasteiger partial charge is 0.409 e. The Kier molecular flexibility index (Phi) is 4.37. The van der Waals surface area contributed by atoms with Gasteiger partial charge in [0.1, 0.15) is 5.82 Å². The van der Waals surface area contributed by atoms with Crippen LogP contribution in [0.4, 0.5) is 4.39 Å². The number of halogens is 1. The molecule has 0 heterocycles. The highest BCUT2D eigenvalue weighted by atomic mass is 19.1. The van der Waals surface area contributed by atoms with Gasteiger partial charge in [-0.25, -0.2) is 4.39 Å². The first-order chi connectivity index (χ1) is 9.10. The standard InChI is InChI=1S/C14H20FN3O/c1-18(8-10-3-2-4-10)9-11-5-6-12(15)7-13(11)14(16)17-19/h5-7,10,19H,2-4,8-9H2,1H3,(H2,16,17). The zero-order valence-electron chi connectivity index (χ0n) is 11.1. The molecule has 0 unspecified atom stereocenters. The average molecular weight is 265 g/mol. The Morgan fingerprint density at radius 2 is 2.26 bits per heavy atom. The summed E-state index contributed by atoms with van der Waals surface area (Å²) in [4.78, 5) is 2.20. The van der Waals surface area contributed by atoms with E-state index in [1.54, 1.807) is 6.07 Å². The SMILES string of the molecule is CN(Cc1ccc(F)cc1C(N)=NO)CC1CCC1. The van der Waals surface area contributed by atoms with Crippen LogP contribution in [0.3, 0.4) is 0 Å². The van der Waals surface area contributed by atoms with Crippen molar-refractivity contribution in [2.24, 2.45) is 16.8 Å². The molecule has 1 saturated carbocycles. The molecule has 0 aromatic heterocycles. The Morgan fingerprint density at radius 3 is 2.84 bits per heavy atom. The topological polar surface area (TPSA) is 61.8 Å². The molecule has 4 nitrogen and oxygen atoms in total. The lowest BCUT2D eigenvalue weighted by Crippen LogP contribution is -2.30. The van der Waals surface area contributed by atoms with Gasteiger partial charge in [-0.05, 0) is 43.5 Å². The summed E-state index contributed by atoms with van der Waals surface area (Å²) in [5.41, 5.74) is 6.93. The Hall–Kier alpha value is -1.62. The van der Waals surface area contributed by atoms with E-state index in [4.69, 9.17) is 10.9 Å². The molecule has 0 atom stereocenters. The monoisotopic (exact) mass is 265 g/mol. The number of hydrogen-bond donors (Lipinski definition) is 2. The summed E-state index contributed by atoms with van der Waals surface area (Å²) in [5.74, 6) is 0.344. The molecule has 1 aliphatic carbocycles. The van der Waals surface area contributed by atoms with Crippen molar-refractivity contribution in [2.45, 2.75) is 25.8 Å². The second kappa shape index (κ2) is 6.02. The van der Waals surface area contributed by atoms with Gasteiger partial charge in [-0.15, -0.1) is 0 Å². The van der Waals surface area contributed by atoms with Crippen molar-refractivity contribution >= 4 is 5.84 Å². The fourth-order valence-corrected chi connectivity index (χ4v) is 2.45. The molecule has 104 valence electrons. The first-order valence-electron chi connectivity index (χ1n) is 6.55. The predicted octanol–water partition coefficient (Wildman–Crippen LogP) is 2.15. The Balaban J connectivity index is 2.09. The summed E-state index contributed by atoms with van der Waals surface area (Å²) in [5, 5.41) is 11.7. The highest BCUT2D eigenvalue weighted by Gasteiger charge is 2.19. The maximum absolute atomic E-state index is 13.2. The molecular formula is C14H20FN3O. The molecule has 19 heavy (non-hydrogen) atoms. The lowest BCUT2D eigenvalue weighted by Gasteiger charge is -2.30. The van der Waals surface area contributed by atoms with Crippen LogP contribution in [0.25, 0.3) is 0 Å². The van der Waals surface area contributed by atoms with Gasteiger partial charge in [0.15, 0.2) is 5.84 Å². The number of oxime groups is 1. The van der Waals surface area contributed by atoms with Crippen molar-refractivity contribution in [1.82, 2.24) is 4.90 Å². The predicted molar refractivity (Wildman–Crippen MR) is 72.6 cm³/mol. The maximum Gasteiger partial charge on any atom is 0.170 e. The zero-order chi connectivity index (χ0) is 13.8. The van der Waals surface area contributed by atoms with Crippen LogP contribution < -0.4 is 5.73 Å². The van der Waals surface area contributed by atoms with Crippen molar-refractivity contribution < 1.29 is 9.60 Å². The minimum Gasteiger partial charge on any atom is -0.409 e. The van der Waals surface area contributed by atoms with E-state index in [2.05, 4.69) is 10.1 Å². The van der Waals surface area contributed by atoms with Gasteiger partial charge in [-0.1, -0.05) is 17.6 Å². The Bertz CT molecular complexity index is 472. The molecule has 1 aromatic rings. The summed E-state index contributed by atoms with van der Waals surface area (Å²) >= 11 is 0. The number of rotatable bonds is 5. The van der Waals surface area contributed by atoms with E-state index < -0.39 is 0 Å². The molecule has 5 heteroatoms. The minimum absolute atomic E-state index is 0.0495. The maximum atomic E-state index is 13.2. The van der Waals surface area contributed by atoms with Gasteiger partial charge in [0.05, 0.1) is 0 Å². The van der Waals surface area contributed by atoms with Crippen LogP contribution in [0.2, 0.25) is 0 Å². The molecule has 3 N–H and O–H groups in total. The van der Waals surface area contributed by atoms with Crippen LogP contribution in [0.1, 0.15) is 30.4 Å². The van der Waals surface area contributed by atoms with Gasteiger partial charge in [-0.3, -0.25) is 0 Å². The average Bonchev–Trinajstić information content (AvgIpc) is 2.35. The van der Waals surface area contributed by atoms with Gasteiger partial charge in [0.2, 0.25) is 0 Å². The van der Waals surface area contributed by atoms with Crippen molar-refractivity contribution in [3.63, 3.8) is 0 Å². The molecule has 0 amide bonds. The molecule has 0 bridgehead atoms. The van der Waals surface area contributed by atoms with Gasteiger partial charge in [0, 0.05) is 18.7 Å². The number of nitrogens with zero attached hydrogens (tertiary/aromatic N) is 2. The normalized spacial score (nSPS) is 16.7. The van der Waals surface area contributed by atoms with Crippen molar-refractivity contribution in [2.75, 3.05) is 13.6 Å². The molecule has 1 fully saturated rings. The molecule has 0 radical (unpaired) electrons. The lowest BCUT2D eigenvalue weighted by atomic mass is 9.85. The van der Waals surface area contributed by atoms with Crippen molar-refractivity contribution in [3.8, 4) is 0 Å². The summed E-state index contributed by atoms with van der Waals surface area (Å²) in [6.45, 7) is 1.70. The Morgan fingerprint density at radius 1 is 1.53 bits per heavy atom.